The lowest BCUT2D eigenvalue weighted by Gasteiger charge is -1.91. The van der Waals surface area contributed by atoms with Gasteiger partial charge in [0.2, 0.25) is 11.7 Å². The van der Waals surface area contributed by atoms with Crippen LogP contribution in [0.25, 0.3) is 0 Å². The summed E-state index contributed by atoms with van der Waals surface area (Å²) >= 11 is 1.14. The fraction of sp³-hybridized carbons (Fsp3) is 0.111. The van der Waals surface area contributed by atoms with Crippen molar-refractivity contribution in [3.63, 3.8) is 0 Å². The lowest BCUT2D eigenvalue weighted by molar-refractivity contribution is 0.103. The third-order valence-electron chi connectivity index (χ3n) is 1.76. The Bertz CT molecular complexity index is 433. The van der Waals surface area contributed by atoms with E-state index >= 15 is 0 Å². The van der Waals surface area contributed by atoms with Gasteiger partial charge in [0.15, 0.2) is 0 Å². The normalized spacial score (nSPS) is 10.1. The molecule has 0 fully saturated rings. The number of methoxy groups -OCH3 is 1. The summed E-state index contributed by atoms with van der Waals surface area (Å²) in [6, 6.07) is 5.15. The smallest absolute Gasteiger partial charge is 0.225 e. The molecule has 0 bridgehead atoms. The van der Waals surface area contributed by atoms with E-state index in [1.807, 2.05) is 0 Å². The SMILES string of the molecule is COc1cc(C(=O)c2ccc[nH]2)sn1. The van der Waals surface area contributed by atoms with Gasteiger partial charge < -0.3 is 9.72 Å². The van der Waals surface area contributed by atoms with E-state index in [1.165, 1.54) is 7.11 Å². The molecule has 0 atom stereocenters. The Morgan fingerprint density at radius 1 is 1.64 bits per heavy atom. The van der Waals surface area contributed by atoms with Crippen molar-refractivity contribution >= 4 is 17.3 Å². The van der Waals surface area contributed by atoms with Gasteiger partial charge in [0.1, 0.15) is 4.88 Å². The molecule has 2 aromatic rings. The molecular formula is C9H8N2O2S. The summed E-state index contributed by atoms with van der Waals surface area (Å²) in [5, 5.41) is 0. The van der Waals surface area contributed by atoms with Crippen molar-refractivity contribution in [2.24, 2.45) is 0 Å². The third kappa shape index (κ3) is 1.54. The molecule has 0 saturated carbocycles. The minimum Gasteiger partial charge on any atom is -0.480 e. The largest absolute Gasteiger partial charge is 0.480 e. The number of hydrogen-bond donors (Lipinski definition) is 1. The fourth-order valence-corrected chi connectivity index (χ4v) is 1.73. The number of aromatic amines is 1. The molecule has 0 aromatic carbocycles. The van der Waals surface area contributed by atoms with Crippen molar-refractivity contribution < 1.29 is 9.53 Å². The number of H-pyrrole nitrogens is 1. The average molecular weight is 208 g/mol. The van der Waals surface area contributed by atoms with Gasteiger partial charge in [-0.05, 0) is 23.7 Å². The van der Waals surface area contributed by atoms with Gasteiger partial charge in [0.25, 0.3) is 0 Å². The third-order valence-corrected chi connectivity index (χ3v) is 2.54. The lowest BCUT2D eigenvalue weighted by atomic mass is 10.2. The van der Waals surface area contributed by atoms with E-state index in [0.717, 1.165) is 11.5 Å². The van der Waals surface area contributed by atoms with Crippen LogP contribution in [0.5, 0.6) is 5.88 Å². The highest BCUT2D eigenvalue weighted by Gasteiger charge is 2.13. The Labute approximate surface area is 84.7 Å². The van der Waals surface area contributed by atoms with E-state index < -0.39 is 0 Å². The van der Waals surface area contributed by atoms with Crippen molar-refractivity contribution in [2.75, 3.05) is 7.11 Å². The quantitative estimate of drug-likeness (QED) is 0.781. The molecule has 4 nitrogen and oxygen atoms in total. The number of hydrogen-bond acceptors (Lipinski definition) is 4. The first kappa shape index (κ1) is 8.96. The summed E-state index contributed by atoms with van der Waals surface area (Å²) in [5.74, 6) is 0.417. The van der Waals surface area contributed by atoms with Gasteiger partial charge in [-0.3, -0.25) is 4.79 Å². The van der Waals surface area contributed by atoms with Crippen LogP contribution in [-0.4, -0.2) is 22.3 Å². The second-order valence-electron chi connectivity index (χ2n) is 2.65. The summed E-state index contributed by atoms with van der Waals surface area (Å²) in [6.07, 6.45) is 1.71. The minimum atomic E-state index is -0.0594. The molecule has 2 heterocycles. The van der Waals surface area contributed by atoms with Gasteiger partial charge in [-0.25, -0.2) is 0 Å². The van der Waals surface area contributed by atoms with Crippen molar-refractivity contribution in [2.45, 2.75) is 0 Å². The van der Waals surface area contributed by atoms with Gasteiger partial charge >= 0.3 is 0 Å². The zero-order valence-corrected chi connectivity index (χ0v) is 8.30. The zero-order valence-electron chi connectivity index (χ0n) is 7.48. The summed E-state index contributed by atoms with van der Waals surface area (Å²) < 4.78 is 8.85. The molecule has 0 spiro atoms. The topological polar surface area (TPSA) is 55.0 Å². The molecule has 14 heavy (non-hydrogen) atoms. The highest BCUT2D eigenvalue weighted by Crippen LogP contribution is 2.18. The number of carbonyl (C=O) groups is 1. The molecule has 2 aromatic heterocycles. The Hall–Kier alpha value is -1.62. The standard InChI is InChI=1S/C9H8N2O2S/c1-13-8-5-7(14-11-8)9(12)6-3-2-4-10-6/h2-5,10H,1H3. The molecule has 0 aliphatic rings. The molecule has 0 radical (unpaired) electrons. The number of nitrogens with one attached hydrogen (secondary N) is 1. The van der Waals surface area contributed by atoms with Crippen LogP contribution < -0.4 is 4.74 Å². The Morgan fingerprint density at radius 2 is 2.50 bits per heavy atom. The molecule has 72 valence electrons. The van der Waals surface area contributed by atoms with Crippen LogP contribution in [0.3, 0.4) is 0 Å². The van der Waals surface area contributed by atoms with Crippen LogP contribution in [-0.2, 0) is 0 Å². The first-order valence-electron chi connectivity index (χ1n) is 4.00. The first-order valence-corrected chi connectivity index (χ1v) is 4.77. The van der Waals surface area contributed by atoms with E-state index in [2.05, 4.69) is 9.36 Å². The lowest BCUT2D eigenvalue weighted by Crippen LogP contribution is -1.98. The molecule has 1 N–H and O–H groups in total. The van der Waals surface area contributed by atoms with E-state index in [4.69, 9.17) is 4.74 Å². The molecule has 0 amide bonds. The number of rotatable bonds is 3. The van der Waals surface area contributed by atoms with Crippen LogP contribution >= 0.6 is 11.5 Å². The summed E-state index contributed by atoms with van der Waals surface area (Å²) in [7, 11) is 1.53. The molecule has 0 aliphatic carbocycles. The van der Waals surface area contributed by atoms with Gasteiger partial charge in [-0.2, -0.15) is 4.37 Å². The number of ether oxygens (including phenoxy) is 1. The van der Waals surface area contributed by atoms with Gasteiger partial charge in [-0.15, -0.1) is 0 Å². The van der Waals surface area contributed by atoms with Crippen molar-refractivity contribution in [3.8, 4) is 5.88 Å². The van der Waals surface area contributed by atoms with Gasteiger partial charge in [0, 0.05) is 12.3 Å². The number of ketones is 1. The Balaban J connectivity index is 2.28. The maximum absolute atomic E-state index is 11.7. The summed E-state index contributed by atoms with van der Waals surface area (Å²) in [4.78, 5) is 15.1. The maximum atomic E-state index is 11.7. The van der Waals surface area contributed by atoms with Crippen LogP contribution in [0, 0.1) is 0 Å². The summed E-state index contributed by atoms with van der Waals surface area (Å²) in [5.41, 5.74) is 0.566. The molecule has 5 heteroatoms. The van der Waals surface area contributed by atoms with Crippen molar-refractivity contribution in [1.29, 1.82) is 0 Å². The van der Waals surface area contributed by atoms with Crippen LogP contribution in [0.1, 0.15) is 15.4 Å². The molecular weight excluding hydrogens is 200 g/mol. The highest BCUT2D eigenvalue weighted by atomic mass is 32.1. The monoisotopic (exact) mass is 208 g/mol. The van der Waals surface area contributed by atoms with E-state index in [0.29, 0.717) is 16.5 Å². The van der Waals surface area contributed by atoms with Crippen LogP contribution in [0.15, 0.2) is 24.4 Å². The molecule has 0 unspecified atom stereocenters. The fourth-order valence-electron chi connectivity index (χ4n) is 1.07. The van der Waals surface area contributed by atoms with Crippen molar-refractivity contribution in [3.05, 3.63) is 35.0 Å². The highest BCUT2D eigenvalue weighted by molar-refractivity contribution is 7.08. The summed E-state index contributed by atoms with van der Waals surface area (Å²) in [6.45, 7) is 0. The Kier molecular flexibility index (Phi) is 2.32. The predicted molar refractivity (Wildman–Crippen MR) is 52.9 cm³/mol. The molecule has 0 aliphatic heterocycles. The van der Waals surface area contributed by atoms with E-state index in [9.17, 15) is 4.79 Å². The first-order chi connectivity index (χ1) is 6.81. The number of aromatic nitrogens is 2. The second-order valence-corrected chi connectivity index (χ2v) is 3.45. The molecule has 2 rings (SSSR count). The van der Waals surface area contributed by atoms with Gasteiger partial charge in [0.05, 0.1) is 12.8 Å². The second kappa shape index (κ2) is 3.63. The van der Waals surface area contributed by atoms with E-state index in [1.54, 1.807) is 24.4 Å². The predicted octanol–water partition coefficient (Wildman–Crippen LogP) is 1.71. The minimum absolute atomic E-state index is 0.0594. The number of carbonyl (C=O) groups excluding carboxylic acids is 1. The Morgan fingerprint density at radius 3 is 3.07 bits per heavy atom. The van der Waals surface area contributed by atoms with Gasteiger partial charge in [-0.1, -0.05) is 0 Å². The van der Waals surface area contributed by atoms with Crippen LogP contribution in [0.4, 0.5) is 0 Å². The van der Waals surface area contributed by atoms with Crippen LogP contribution in [0.2, 0.25) is 0 Å². The average Bonchev–Trinajstić information content (AvgIpc) is 2.88. The van der Waals surface area contributed by atoms with E-state index in [-0.39, 0.29) is 5.78 Å². The maximum Gasteiger partial charge on any atom is 0.225 e. The zero-order chi connectivity index (χ0) is 9.97. The number of nitrogens with zero attached hydrogens (tertiary/aromatic N) is 1. The molecule has 0 saturated heterocycles. The van der Waals surface area contributed by atoms with Crippen molar-refractivity contribution in [1.82, 2.24) is 9.36 Å².